The van der Waals surface area contributed by atoms with Gasteiger partial charge in [0.05, 0.1) is 6.61 Å². The Balaban J connectivity index is 2.42. The molecule has 1 rings (SSSR count). The predicted octanol–water partition coefficient (Wildman–Crippen LogP) is 1.88. The van der Waals surface area contributed by atoms with Crippen LogP contribution in [0.4, 0.5) is 0 Å². The molecule has 0 radical (unpaired) electrons. The molecular weight excluding hydrogens is 200 g/mol. The van der Waals surface area contributed by atoms with Crippen molar-refractivity contribution in [3.8, 4) is 0 Å². The van der Waals surface area contributed by atoms with Crippen LogP contribution in [-0.2, 0) is 4.74 Å². The van der Waals surface area contributed by atoms with E-state index in [0.717, 1.165) is 13.2 Å². The molecule has 0 saturated carbocycles. The summed E-state index contributed by atoms with van der Waals surface area (Å²) in [6, 6.07) is 1.31. The van der Waals surface area contributed by atoms with Crippen LogP contribution in [0.25, 0.3) is 0 Å². The number of nitrogens with zero attached hydrogens (tertiary/aromatic N) is 1. The largest absolute Gasteiger partial charge is 0.383 e. The normalized spacial score (nSPS) is 24.6. The molecule has 1 heterocycles. The quantitative estimate of drug-likeness (QED) is 0.720. The Kier molecular flexibility index (Phi) is 7.01. The molecule has 1 aliphatic rings. The number of likely N-dealkylation sites (N-methyl/N-ethyl adjacent to an activating group) is 1. The maximum atomic E-state index is 5.34. The highest BCUT2D eigenvalue weighted by atomic mass is 16.5. The molecule has 3 heteroatoms. The van der Waals surface area contributed by atoms with Crippen molar-refractivity contribution in [1.29, 1.82) is 0 Å². The maximum absolute atomic E-state index is 5.34. The summed E-state index contributed by atoms with van der Waals surface area (Å²) in [6.45, 7) is 8.86. The van der Waals surface area contributed by atoms with E-state index in [-0.39, 0.29) is 0 Å². The summed E-state index contributed by atoms with van der Waals surface area (Å²) in [6.07, 6.45) is 5.15. The molecule has 0 aromatic heterocycles. The van der Waals surface area contributed by atoms with E-state index >= 15 is 0 Å². The van der Waals surface area contributed by atoms with Crippen molar-refractivity contribution in [3.05, 3.63) is 0 Å². The van der Waals surface area contributed by atoms with E-state index in [4.69, 9.17) is 4.74 Å². The van der Waals surface area contributed by atoms with Crippen LogP contribution in [0.5, 0.6) is 0 Å². The van der Waals surface area contributed by atoms with Gasteiger partial charge in [0.2, 0.25) is 0 Å². The summed E-state index contributed by atoms with van der Waals surface area (Å²) in [5.74, 6) is 0. The Morgan fingerprint density at radius 3 is 2.88 bits per heavy atom. The number of piperidine rings is 1. The number of rotatable bonds is 7. The van der Waals surface area contributed by atoms with E-state index < -0.39 is 0 Å². The summed E-state index contributed by atoms with van der Waals surface area (Å²) in [4.78, 5) is 2.61. The van der Waals surface area contributed by atoms with Crippen LogP contribution in [-0.4, -0.2) is 50.3 Å². The van der Waals surface area contributed by atoms with E-state index in [9.17, 15) is 0 Å². The SMILES string of the molecule is CCCC(COC)N1CCCC(NCC)C1. The lowest BCUT2D eigenvalue weighted by molar-refractivity contribution is 0.0620. The highest BCUT2D eigenvalue weighted by molar-refractivity contribution is 4.82. The zero-order valence-corrected chi connectivity index (χ0v) is 11.2. The van der Waals surface area contributed by atoms with Crippen LogP contribution in [0, 0.1) is 0 Å². The second-order valence-electron chi connectivity index (χ2n) is 4.79. The maximum Gasteiger partial charge on any atom is 0.0618 e. The Morgan fingerprint density at radius 1 is 1.44 bits per heavy atom. The van der Waals surface area contributed by atoms with Gasteiger partial charge in [-0.2, -0.15) is 0 Å². The van der Waals surface area contributed by atoms with Gasteiger partial charge in [-0.25, -0.2) is 0 Å². The Morgan fingerprint density at radius 2 is 2.25 bits per heavy atom. The number of ether oxygens (including phenoxy) is 1. The van der Waals surface area contributed by atoms with Crippen molar-refractivity contribution in [1.82, 2.24) is 10.2 Å². The molecule has 2 unspecified atom stereocenters. The van der Waals surface area contributed by atoms with Crippen molar-refractivity contribution < 1.29 is 4.74 Å². The monoisotopic (exact) mass is 228 g/mol. The number of hydrogen-bond acceptors (Lipinski definition) is 3. The first-order valence-corrected chi connectivity index (χ1v) is 6.78. The molecular formula is C13H28N2O. The molecule has 1 fully saturated rings. The first-order valence-electron chi connectivity index (χ1n) is 6.78. The van der Waals surface area contributed by atoms with E-state index in [0.29, 0.717) is 12.1 Å². The van der Waals surface area contributed by atoms with Gasteiger partial charge in [-0.15, -0.1) is 0 Å². The van der Waals surface area contributed by atoms with Gasteiger partial charge in [0.15, 0.2) is 0 Å². The lowest BCUT2D eigenvalue weighted by Crippen LogP contribution is -2.50. The van der Waals surface area contributed by atoms with E-state index in [1.54, 1.807) is 0 Å². The second-order valence-corrected chi connectivity index (χ2v) is 4.79. The fraction of sp³-hybridized carbons (Fsp3) is 1.00. The van der Waals surface area contributed by atoms with Crippen LogP contribution >= 0.6 is 0 Å². The molecule has 1 aliphatic heterocycles. The fourth-order valence-electron chi connectivity index (χ4n) is 2.69. The molecule has 3 nitrogen and oxygen atoms in total. The van der Waals surface area contributed by atoms with Gasteiger partial charge in [-0.1, -0.05) is 20.3 Å². The molecule has 2 atom stereocenters. The second kappa shape index (κ2) is 8.04. The lowest BCUT2D eigenvalue weighted by atomic mass is 10.0. The average molecular weight is 228 g/mol. The summed E-state index contributed by atoms with van der Waals surface area (Å²) in [5, 5.41) is 3.57. The van der Waals surface area contributed by atoms with Gasteiger partial charge < -0.3 is 10.1 Å². The van der Waals surface area contributed by atoms with Crippen LogP contribution in [0.3, 0.4) is 0 Å². The molecule has 0 spiro atoms. The minimum atomic E-state index is 0.622. The van der Waals surface area contributed by atoms with E-state index in [1.807, 2.05) is 7.11 Å². The first kappa shape index (κ1) is 13.9. The van der Waals surface area contributed by atoms with E-state index in [2.05, 4.69) is 24.1 Å². The topological polar surface area (TPSA) is 24.5 Å². The summed E-state index contributed by atoms with van der Waals surface area (Å²) in [5.41, 5.74) is 0. The van der Waals surface area contributed by atoms with Gasteiger partial charge in [0, 0.05) is 25.7 Å². The smallest absolute Gasteiger partial charge is 0.0618 e. The molecule has 0 aliphatic carbocycles. The van der Waals surface area contributed by atoms with Crippen molar-refractivity contribution >= 4 is 0 Å². The van der Waals surface area contributed by atoms with Crippen molar-refractivity contribution in [2.24, 2.45) is 0 Å². The van der Waals surface area contributed by atoms with Crippen LogP contribution < -0.4 is 5.32 Å². The van der Waals surface area contributed by atoms with Gasteiger partial charge in [0.1, 0.15) is 0 Å². The summed E-state index contributed by atoms with van der Waals surface area (Å²) >= 11 is 0. The van der Waals surface area contributed by atoms with Crippen molar-refractivity contribution in [2.75, 3.05) is 33.4 Å². The standard InChI is InChI=1S/C13H28N2O/c1-4-7-13(11-16-3)15-9-6-8-12(10-15)14-5-2/h12-14H,4-11H2,1-3H3. The third kappa shape index (κ3) is 4.40. The van der Waals surface area contributed by atoms with Gasteiger partial charge >= 0.3 is 0 Å². The van der Waals surface area contributed by atoms with Crippen LogP contribution in [0.15, 0.2) is 0 Å². The molecule has 1 N–H and O–H groups in total. The molecule has 1 saturated heterocycles. The van der Waals surface area contributed by atoms with Crippen LogP contribution in [0.2, 0.25) is 0 Å². The highest BCUT2D eigenvalue weighted by Gasteiger charge is 2.24. The van der Waals surface area contributed by atoms with E-state index in [1.165, 1.54) is 38.8 Å². The molecule has 96 valence electrons. The minimum Gasteiger partial charge on any atom is -0.383 e. The van der Waals surface area contributed by atoms with Crippen LogP contribution in [0.1, 0.15) is 39.5 Å². The lowest BCUT2D eigenvalue weighted by Gasteiger charge is -2.38. The first-order chi connectivity index (χ1) is 7.81. The molecule has 0 bridgehead atoms. The molecule has 0 amide bonds. The number of methoxy groups -OCH3 is 1. The summed E-state index contributed by atoms with van der Waals surface area (Å²) in [7, 11) is 1.81. The third-order valence-electron chi connectivity index (χ3n) is 3.44. The zero-order chi connectivity index (χ0) is 11.8. The summed E-state index contributed by atoms with van der Waals surface area (Å²) < 4.78 is 5.34. The predicted molar refractivity (Wildman–Crippen MR) is 68.8 cm³/mol. The van der Waals surface area contributed by atoms with Gasteiger partial charge in [-0.05, 0) is 32.4 Å². The number of hydrogen-bond donors (Lipinski definition) is 1. The minimum absolute atomic E-state index is 0.622. The fourth-order valence-corrected chi connectivity index (χ4v) is 2.69. The molecule has 16 heavy (non-hydrogen) atoms. The molecule has 0 aromatic rings. The number of likely N-dealkylation sites (tertiary alicyclic amines) is 1. The Hall–Kier alpha value is -0.120. The third-order valence-corrected chi connectivity index (χ3v) is 3.44. The van der Waals surface area contributed by atoms with Crippen molar-refractivity contribution in [3.63, 3.8) is 0 Å². The zero-order valence-electron chi connectivity index (χ0n) is 11.2. The highest BCUT2D eigenvalue weighted by Crippen LogP contribution is 2.16. The molecule has 0 aromatic carbocycles. The Bertz CT molecular complexity index is 167. The van der Waals surface area contributed by atoms with Gasteiger partial charge in [-0.3, -0.25) is 4.90 Å². The number of nitrogens with one attached hydrogen (secondary N) is 1. The Labute approximate surface area is 101 Å². The van der Waals surface area contributed by atoms with Crippen molar-refractivity contribution in [2.45, 2.75) is 51.6 Å². The van der Waals surface area contributed by atoms with Gasteiger partial charge in [0.25, 0.3) is 0 Å². The average Bonchev–Trinajstić information content (AvgIpc) is 2.30.